The first-order valence-electron chi connectivity index (χ1n) is 6.84. The number of aliphatic hydroxyl groups is 1. The van der Waals surface area contributed by atoms with E-state index in [1.54, 1.807) is 0 Å². The summed E-state index contributed by atoms with van der Waals surface area (Å²) < 4.78 is 5.40. The average Bonchev–Trinajstić information content (AvgIpc) is 2.81. The third-order valence-corrected chi connectivity index (χ3v) is 3.88. The molecule has 0 aromatic carbocycles. The van der Waals surface area contributed by atoms with Crippen molar-refractivity contribution < 1.29 is 9.84 Å². The Morgan fingerprint density at radius 3 is 2.69 bits per heavy atom. The van der Waals surface area contributed by atoms with Gasteiger partial charge in [-0.3, -0.25) is 0 Å². The van der Waals surface area contributed by atoms with E-state index in [4.69, 9.17) is 4.74 Å². The first-order chi connectivity index (χ1) is 7.84. The van der Waals surface area contributed by atoms with Crippen molar-refractivity contribution >= 4 is 0 Å². The Balaban J connectivity index is 1.57. The van der Waals surface area contributed by atoms with Gasteiger partial charge in [0.05, 0.1) is 12.7 Å². The Morgan fingerprint density at radius 2 is 2.00 bits per heavy atom. The minimum absolute atomic E-state index is 0.162. The van der Waals surface area contributed by atoms with Crippen molar-refractivity contribution in [2.45, 2.75) is 57.1 Å². The summed E-state index contributed by atoms with van der Waals surface area (Å²) >= 11 is 0. The molecule has 1 aliphatic heterocycles. The molecule has 1 heterocycles. The molecule has 2 aliphatic rings. The lowest BCUT2D eigenvalue weighted by atomic mass is 10.00. The lowest BCUT2D eigenvalue weighted by Crippen LogP contribution is -2.41. The van der Waals surface area contributed by atoms with Crippen molar-refractivity contribution in [1.29, 1.82) is 0 Å². The Labute approximate surface area is 98.6 Å². The molecule has 0 amide bonds. The van der Waals surface area contributed by atoms with Crippen molar-refractivity contribution in [1.82, 2.24) is 5.32 Å². The minimum atomic E-state index is -0.162. The molecule has 0 aromatic rings. The fourth-order valence-electron chi connectivity index (χ4n) is 2.92. The van der Waals surface area contributed by atoms with Crippen LogP contribution in [0.25, 0.3) is 0 Å². The topological polar surface area (TPSA) is 41.5 Å². The maximum absolute atomic E-state index is 9.94. The highest BCUT2D eigenvalue weighted by Gasteiger charge is 2.20. The van der Waals surface area contributed by atoms with Crippen LogP contribution in [0.15, 0.2) is 0 Å². The molecule has 2 atom stereocenters. The SMILES string of the molecule is OC(CNC1CCCOC1)CC1CCCC1. The molecule has 3 heteroatoms. The zero-order valence-electron chi connectivity index (χ0n) is 10.2. The number of aliphatic hydroxyl groups excluding tert-OH is 1. The molecular weight excluding hydrogens is 202 g/mol. The summed E-state index contributed by atoms with van der Waals surface area (Å²) in [6.07, 6.45) is 8.54. The van der Waals surface area contributed by atoms with E-state index in [1.807, 2.05) is 0 Å². The predicted molar refractivity (Wildman–Crippen MR) is 64.4 cm³/mol. The second kappa shape index (κ2) is 6.58. The van der Waals surface area contributed by atoms with Crippen LogP contribution in [0.3, 0.4) is 0 Å². The van der Waals surface area contributed by atoms with Gasteiger partial charge in [0.1, 0.15) is 0 Å². The number of hydrogen-bond acceptors (Lipinski definition) is 3. The molecule has 0 bridgehead atoms. The molecule has 1 saturated carbocycles. The van der Waals surface area contributed by atoms with Crippen LogP contribution < -0.4 is 5.32 Å². The van der Waals surface area contributed by atoms with Gasteiger partial charge in [0.25, 0.3) is 0 Å². The van der Waals surface area contributed by atoms with E-state index in [1.165, 1.54) is 32.1 Å². The molecule has 2 fully saturated rings. The van der Waals surface area contributed by atoms with Crippen LogP contribution in [0.2, 0.25) is 0 Å². The first kappa shape index (κ1) is 12.3. The van der Waals surface area contributed by atoms with Gasteiger partial charge in [0.2, 0.25) is 0 Å². The van der Waals surface area contributed by atoms with E-state index in [9.17, 15) is 5.11 Å². The van der Waals surface area contributed by atoms with Crippen LogP contribution >= 0.6 is 0 Å². The molecule has 0 spiro atoms. The van der Waals surface area contributed by atoms with Crippen molar-refractivity contribution in [3.8, 4) is 0 Å². The summed E-state index contributed by atoms with van der Waals surface area (Å²) in [6, 6.07) is 0.465. The summed E-state index contributed by atoms with van der Waals surface area (Å²) in [5.41, 5.74) is 0. The predicted octanol–water partition coefficient (Wildman–Crippen LogP) is 1.70. The second-order valence-corrected chi connectivity index (χ2v) is 5.36. The summed E-state index contributed by atoms with van der Waals surface area (Å²) in [6.45, 7) is 2.46. The quantitative estimate of drug-likeness (QED) is 0.751. The summed E-state index contributed by atoms with van der Waals surface area (Å²) in [5.74, 6) is 0.777. The van der Waals surface area contributed by atoms with Crippen LogP contribution in [0, 0.1) is 5.92 Å². The Morgan fingerprint density at radius 1 is 1.19 bits per heavy atom. The van der Waals surface area contributed by atoms with Crippen LogP contribution in [-0.2, 0) is 4.74 Å². The van der Waals surface area contributed by atoms with Crippen molar-refractivity contribution in [3.63, 3.8) is 0 Å². The fraction of sp³-hybridized carbons (Fsp3) is 1.00. The van der Waals surface area contributed by atoms with Crippen LogP contribution in [-0.4, -0.2) is 37.0 Å². The van der Waals surface area contributed by atoms with Gasteiger partial charge in [-0.2, -0.15) is 0 Å². The summed E-state index contributed by atoms with van der Waals surface area (Å²) in [7, 11) is 0. The van der Waals surface area contributed by atoms with Crippen molar-refractivity contribution in [2.75, 3.05) is 19.8 Å². The van der Waals surface area contributed by atoms with Gasteiger partial charge < -0.3 is 15.2 Å². The van der Waals surface area contributed by atoms with Crippen LogP contribution in [0.5, 0.6) is 0 Å². The molecule has 1 saturated heterocycles. The van der Waals surface area contributed by atoms with Gasteiger partial charge in [0, 0.05) is 19.2 Å². The number of ether oxygens (including phenoxy) is 1. The summed E-state index contributed by atoms with van der Waals surface area (Å²) in [4.78, 5) is 0. The maximum atomic E-state index is 9.94. The van der Waals surface area contributed by atoms with Crippen LogP contribution in [0.4, 0.5) is 0 Å². The van der Waals surface area contributed by atoms with E-state index in [0.29, 0.717) is 6.04 Å². The van der Waals surface area contributed by atoms with E-state index in [0.717, 1.165) is 38.5 Å². The fourth-order valence-corrected chi connectivity index (χ4v) is 2.92. The molecule has 2 rings (SSSR count). The smallest absolute Gasteiger partial charge is 0.0667 e. The van der Waals surface area contributed by atoms with Crippen molar-refractivity contribution in [3.05, 3.63) is 0 Å². The number of hydrogen-bond donors (Lipinski definition) is 2. The van der Waals surface area contributed by atoms with E-state index >= 15 is 0 Å². The normalized spacial score (nSPS) is 29.4. The zero-order valence-corrected chi connectivity index (χ0v) is 10.2. The molecule has 2 N–H and O–H groups in total. The molecule has 2 unspecified atom stereocenters. The highest BCUT2D eigenvalue weighted by molar-refractivity contribution is 4.75. The van der Waals surface area contributed by atoms with E-state index < -0.39 is 0 Å². The highest BCUT2D eigenvalue weighted by atomic mass is 16.5. The average molecular weight is 227 g/mol. The Hall–Kier alpha value is -0.120. The third kappa shape index (κ3) is 4.04. The Kier molecular flexibility index (Phi) is 5.07. The molecule has 3 nitrogen and oxygen atoms in total. The molecule has 0 radical (unpaired) electrons. The van der Waals surface area contributed by atoms with Gasteiger partial charge in [-0.15, -0.1) is 0 Å². The molecular formula is C13H25NO2. The number of nitrogens with one attached hydrogen (secondary N) is 1. The standard InChI is InChI=1S/C13H25NO2/c15-13(8-11-4-1-2-5-11)9-14-12-6-3-7-16-10-12/h11-15H,1-10H2. The molecule has 16 heavy (non-hydrogen) atoms. The molecule has 94 valence electrons. The van der Waals surface area contributed by atoms with Gasteiger partial charge in [-0.25, -0.2) is 0 Å². The zero-order chi connectivity index (χ0) is 11.2. The Bertz CT molecular complexity index is 186. The molecule has 0 aromatic heterocycles. The first-order valence-corrected chi connectivity index (χ1v) is 6.84. The largest absolute Gasteiger partial charge is 0.392 e. The third-order valence-electron chi connectivity index (χ3n) is 3.88. The molecule has 1 aliphatic carbocycles. The van der Waals surface area contributed by atoms with E-state index in [-0.39, 0.29) is 6.10 Å². The van der Waals surface area contributed by atoms with Gasteiger partial charge in [0.15, 0.2) is 0 Å². The van der Waals surface area contributed by atoms with Gasteiger partial charge in [-0.05, 0) is 25.2 Å². The number of rotatable bonds is 5. The van der Waals surface area contributed by atoms with Gasteiger partial charge >= 0.3 is 0 Å². The van der Waals surface area contributed by atoms with Gasteiger partial charge in [-0.1, -0.05) is 25.7 Å². The minimum Gasteiger partial charge on any atom is -0.392 e. The highest BCUT2D eigenvalue weighted by Crippen LogP contribution is 2.28. The van der Waals surface area contributed by atoms with E-state index in [2.05, 4.69) is 5.32 Å². The lowest BCUT2D eigenvalue weighted by molar-refractivity contribution is 0.0615. The summed E-state index contributed by atoms with van der Waals surface area (Å²) in [5, 5.41) is 13.4. The second-order valence-electron chi connectivity index (χ2n) is 5.36. The lowest BCUT2D eigenvalue weighted by Gasteiger charge is -2.25. The van der Waals surface area contributed by atoms with Crippen LogP contribution in [0.1, 0.15) is 44.9 Å². The van der Waals surface area contributed by atoms with Crippen molar-refractivity contribution in [2.24, 2.45) is 5.92 Å². The maximum Gasteiger partial charge on any atom is 0.0667 e. The monoisotopic (exact) mass is 227 g/mol.